The lowest BCUT2D eigenvalue weighted by Crippen LogP contribution is -2.43. The summed E-state index contributed by atoms with van der Waals surface area (Å²) < 4.78 is 40.1. The van der Waals surface area contributed by atoms with E-state index in [-0.39, 0.29) is 18.6 Å². The molecule has 0 spiro atoms. The molecule has 1 unspecified atom stereocenters. The van der Waals surface area contributed by atoms with Crippen molar-refractivity contribution >= 4 is 16.0 Å². The number of sulfonamides is 1. The number of methoxy groups -OCH3 is 3. The van der Waals surface area contributed by atoms with Crippen LogP contribution in [0.1, 0.15) is 19.8 Å². The van der Waals surface area contributed by atoms with Gasteiger partial charge in [0.1, 0.15) is 0 Å². The summed E-state index contributed by atoms with van der Waals surface area (Å²) in [4.78, 5) is 10.8. The highest BCUT2D eigenvalue weighted by atomic mass is 32.2. The molecule has 0 bridgehead atoms. The van der Waals surface area contributed by atoms with Crippen LogP contribution in [0, 0.1) is 0 Å². The smallest absolute Gasteiger partial charge is 0.305 e. The minimum Gasteiger partial charge on any atom is -0.469 e. The van der Waals surface area contributed by atoms with Crippen molar-refractivity contribution in [1.29, 1.82) is 0 Å². The van der Waals surface area contributed by atoms with Crippen LogP contribution in [-0.4, -0.2) is 53.8 Å². The Hall–Kier alpha value is -0.700. The van der Waals surface area contributed by atoms with Crippen molar-refractivity contribution in [2.75, 3.05) is 27.1 Å². The number of esters is 1. The first kappa shape index (κ1) is 17.3. The van der Waals surface area contributed by atoms with Gasteiger partial charge in [0, 0.05) is 20.6 Å². The quantitative estimate of drug-likeness (QED) is 0.468. The van der Waals surface area contributed by atoms with Gasteiger partial charge >= 0.3 is 5.97 Å². The molecule has 0 fully saturated rings. The van der Waals surface area contributed by atoms with Gasteiger partial charge in [-0.3, -0.25) is 4.79 Å². The fraction of sp³-hybridized carbons (Fsp3) is 0.900. The zero-order valence-electron chi connectivity index (χ0n) is 11.1. The van der Waals surface area contributed by atoms with Crippen molar-refractivity contribution in [1.82, 2.24) is 4.72 Å². The van der Waals surface area contributed by atoms with Gasteiger partial charge in [0.05, 0.1) is 18.9 Å². The van der Waals surface area contributed by atoms with E-state index in [4.69, 9.17) is 9.47 Å². The molecule has 0 aliphatic heterocycles. The first-order valence-corrected chi connectivity index (χ1v) is 7.14. The summed E-state index contributed by atoms with van der Waals surface area (Å²) in [7, 11) is 0.649. The van der Waals surface area contributed by atoms with Gasteiger partial charge < -0.3 is 14.2 Å². The lowest BCUT2D eigenvalue weighted by molar-refractivity contribution is -0.140. The van der Waals surface area contributed by atoms with E-state index >= 15 is 0 Å². The fourth-order valence-electron chi connectivity index (χ4n) is 1.41. The molecule has 0 saturated carbocycles. The molecule has 0 aromatic rings. The largest absolute Gasteiger partial charge is 0.469 e. The van der Waals surface area contributed by atoms with E-state index < -0.39 is 28.3 Å². The van der Waals surface area contributed by atoms with Crippen LogP contribution in [0.25, 0.3) is 0 Å². The van der Waals surface area contributed by atoms with Gasteiger partial charge in [-0.2, -0.15) is 0 Å². The molecule has 0 aliphatic carbocycles. The zero-order chi connectivity index (χ0) is 14.2. The number of rotatable bonds is 9. The maximum absolute atomic E-state index is 11.7. The molecule has 1 atom stereocenters. The lowest BCUT2D eigenvalue weighted by atomic mass is 10.3. The molecule has 0 amide bonds. The van der Waals surface area contributed by atoms with Crippen LogP contribution >= 0.6 is 0 Å². The predicted molar refractivity (Wildman–Crippen MR) is 65.4 cm³/mol. The van der Waals surface area contributed by atoms with Gasteiger partial charge in [0.2, 0.25) is 10.0 Å². The second-order valence-electron chi connectivity index (χ2n) is 3.74. The van der Waals surface area contributed by atoms with E-state index in [1.54, 1.807) is 6.92 Å². The van der Waals surface area contributed by atoms with Gasteiger partial charge in [-0.15, -0.1) is 0 Å². The summed E-state index contributed by atoms with van der Waals surface area (Å²) in [6, 6.07) is -0.511. The Kier molecular flexibility index (Phi) is 8.08. The highest BCUT2D eigenvalue weighted by Gasteiger charge is 2.22. The highest BCUT2D eigenvalue weighted by Crippen LogP contribution is 2.03. The Morgan fingerprint density at radius 1 is 1.22 bits per heavy atom. The summed E-state index contributed by atoms with van der Waals surface area (Å²) in [6.07, 6.45) is -0.372. The summed E-state index contributed by atoms with van der Waals surface area (Å²) >= 11 is 0. The second kappa shape index (κ2) is 8.41. The van der Waals surface area contributed by atoms with Crippen molar-refractivity contribution in [3.05, 3.63) is 0 Å². The Labute approximate surface area is 108 Å². The monoisotopic (exact) mass is 283 g/mol. The van der Waals surface area contributed by atoms with Crippen LogP contribution in [0.15, 0.2) is 0 Å². The Morgan fingerprint density at radius 3 is 2.22 bits per heavy atom. The maximum Gasteiger partial charge on any atom is 0.305 e. The van der Waals surface area contributed by atoms with E-state index in [1.807, 2.05) is 0 Å². The first-order valence-electron chi connectivity index (χ1n) is 5.48. The van der Waals surface area contributed by atoms with Crippen LogP contribution in [-0.2, 0) is 29.0 Å². The highest BCUT2D eigenvalue weighted by molar-refractivity contribution is 7.89. The minimum atomic E-state index is -3.47. The third-order valence-electron chi connectivity index (χ3n) is 2.26. The average molecular weight is 283 g/mol. The van der Waals surface area contributed by atoms with E-state index in [0.29, 0.717) is 0 Å². The Balaban J connectivity index is 4.18. The Bertz CT molecular complexity index is 338. The molecule has 0 radical (unpaired) electrons. The number of nitrogens with one attached hydrogen (secondary N) is 1. The lowest BCUT2D eigenvalue weighted by Gasteiger charge is -2.21. The molecular formula is C10H21NO6S. The molecule has 18 heavy (non-hydrogen) atoms. The molecule has 8 heteroatoms. The summed E-state index contributed by atoms with van der Waals surface area (Å²) in [5, 5.41) is 0. The summed E-state index contributed by atoms with van der Waals surface area (Å²) in [5.74, 6) is -0.572. The van der Waals surface area contributed by atoms with Gasteiger partial charge in [-0.1, -0.05) is 0 Å². The van der Waals surface area contributed by atoms with Crippen LogP contribution in [0.3, 0.4) is 0 Å². The third-order valence-corrected chi connectivity index (χ3v) is 3.82. The standard InChI is InChI=1S/C10H21NO6S/c1-8(10(16-3)17-4)11-18(13,14)7-5-6-9(12)15-2/h8,10-11H,5-7H2,1-4H3. The number of carbonyl (C=O) groups is 1. The molecule has 0 aliphatic rings. The first-order chi connectivity index (χ1) is 8.36. The molecule has 0 rings (SSSR count). The molecule has 1 N–H and O–H groups in total. The van der Waals surface area contributed by atoms with Crippen molar-refractivity contribution in [2.45, 2.75) is 32.1 Å². The predicted octanol–water partition coefficient (Wildman–Crippen LogP) is -0.134. The molecule has 108 valence electrons. The van der Waals surface area contributed by atoms with E-state index in [2.05, 4.69) is 9.46 Å². The minimum absolute atomic E-state index is 0.0732. The SMILES string of the molecule is COC(=O)CCCS(=O)(=O)NC(C)C(OC)OC. The van der Waals surface area contributed by atoms with E-state index in [1.165, 1.54) is 21.3 Å². The topological polar surface area (TPSA) is 90.9 Å². The molecule has 0 heterocycles. The van der Waals surface area contributed by atoms with E-state index in [9.17, 15) is 13.2 Å². The summed E-state index contributed by atoms with van der Waals surface area (Å²) in [6.45, 7) is 1.63. The average Bonchev–Trinajstić information content (AvgIpc) is 2.29. The van der Waals surface area contributed by atoms with Crippen LogP contribution in [0.4, 0.5) is 0 Å². The van der Waals surface area contributed by atoms with Crippen molar-refractivity contribution in [3.8, 4) is 0 Å². The zero-order valence-corrected chi connectivity index (χ0v) is 12.0. The normalized spacial score (nSPS) is 13.6. The second-order valence-corrected chi connectivity index (χ2v) is 5.62. The number of hydrogen-bond acceptors (Lipinski definition) is 6. The third kappa shape index (κ3) is 6.90. The van der Waals surface area contributed by atoms with Gasteiger partial charge in [-0.05, 0) is 13.3 Å². The number of ether oxygens (including phenoxy) is 3. The van der Waals surface area contributed by atoms with Crippen LogP contribution in [0.2, 0.25) is 0 Å². The fourth-order valence-corrected chi connectivity index (χ4v) is 2.73. The molecular weight excluding hydrogens is 262 g/mol. The maximum atomic E-state index is 11.7. The van der Waals surface area contributed by atoms with Gasteiger partial charge in [0.25, 0.3) is 0 Å². The number of hydrogen-bond donors (Lipinski definition) is 1. The number of carbonyl (C=O) groups excluding carboxylic acids is 1. The van der Waals surface area contributed by atoms with Crippen LogP contribution < -0.4 is 4.72 Å². The van der Waals surface area contributed by atoms with Crippen molar-refractivity contribution < 1.29 is 27.4 Å². The molecule has 0 aromatic heterocycles. The Morgan fingerprint density at radius 2 is 1.78 bits per heavy atom. The molecule has 0 saturated heterocycles. The summed E-state index contributed by atoms with van der Waals surface area (Å²) in [5.41, 5.74) is 0. The van der Waals surface area contributed by atoms with E-state index in [0.717, 1.165) is 0 Å². The molecule has 7 nitrogen and oxygen atoms in total. The van der Waals surface area contributed by atoms with Crippen molar-refractivity contribution in [2.24, 2.45) is 0 Å². The van der Waals surface area contributed by atoms with Crippen molar-refractivity contribution in [3.63, 3.8) is 0 Å². The van der Waals surface area contributed by atoms with Gasteiger partial charge in [0.15, 0.2) is 6.29 Å². The molecule has 0 aromatic carbocycles. The van der Waals surface area contributed by atoms with Gasteiger partial charge in [-0.25, -0.2) is 13.1 Å². The van der Waals surface area contributed by atoms with Crippen LogP contribution in [0.5, 0.6) is 0 Å².